The van der Waals surface area contributed by atoms with E-state index in [-0.39, 0.29) is 11.5 Å². The number of sulfonamides is 1. The van der Waals surface area contributed by atoms with Crippen LogP contribution in [0.1, 0.15) is 6.92 Å². The van der Waals surface area contributed by atoms with Crippen LogP contribution in [0, 0.1) is 0 Å². The zero-order valence-corrected chi connectivity index (χ0v) is 13.8. The molecule has 0 fully saturated rings. The first kappa shape index (κ1) is 17.1. The van der Waals surface area contributed by atoms with Crippen molar-refractivity contribution in [2.24, 2.45) is 0 Å². The maximum atomic E-state index is 12.3. The Bertz CT molecular complexity index is 791. The van der Waals surface area contributed by atoms with Gasteiger partial charge in [0.1, 0.15) is 0 Å². The molecule has 0 saturated carbocycles. The Morgan fingerprint density at radius 2 is 1.78 bits per heavy atom. The fourth-order valence-corrected chi connectivity index (χ4v) is 3.07. The second kappa shape index (κ2) is 7.34. The number of anilines is 2. The molecule has 2 aromatic rings. The Kier molecular flexibility index (Phi) is 5.46. The van der Waals surface area contributed by atoms with Crippen molar-refractivity contribution in [1.82, 2.24) is 0 Å². The van der Waals surface area contributed by atoms with E-state index in [1.807, 2.05) is 0 Å². The second-order valence-electron chi connectivity index (χ2n) is 4.46. The largest absolute Gasteiger partial charge is 0.450 e. The van der Waals surface area contributed by atoms with Gasteiger partial charge in [0.25, 0.3) is 10.0 Å². The Balaban J connectivity index is 2.14. The number of amides is 1. The molecule has 0 aliphatic carbocycles. The molecule has 0 aliphatic heterocycles. The predicted octanol–water partition coefficient (Wildman–Crippen LogP) is 3.71. The Labute approximate surface area is 139 Å². The molecule has 0 aromatic heterocycles. The van der Waals surface area contributed by atoms with Crippen molar-refractivity contribution in [3.05, 3.63) is 53.6 Å². The number of rotatable bonds is 5. The molecule has 0 heterocycles. The topological polar surface area (TPSA) is 84.5 Å². The molecule has 1 amide bonds. The third-order valence-corrected chi connectivity index (χ3v) is 4.52. The van der Waals surface area contributed by atoms with Crippen LogP contribution in [0.15, 0.2) is 53.4 Å². The van der Waals surface area contributed by atoms with Crippen molar-refractivity contribution in [2.45, 2.75) is 11.8 Å². The first-order valence-electron chi connectivity index (χ1n) is 6.73. The third kappa shape index (κ3) is 4.61. The summed E-state index contributed by atoms with van der Waals surface area (Å²) in [5, 5.41) is 2.79. The van der Waals surface area contributed by atoms with Gasteiger partial charge in [0.05, 0.1) is 22.2 Å². The highest BCUT2D eigenvalue weighted by Gasteiger charge is 2.15. The van der Waals surface area contributed by atoms with E-state index < -0.39 is 16.1 Å². The molecular weight excluding hydrogens is 340 g/mol. The summed E-state index contributed by atoms with van der Waals surface area (Å²) >= 11 is 5.94. The summed E-state index contributed by atoms with van der Waals surface area (Å²) in [6.07, 6.45) is -0.600. The maximum Gasteiger partial charge on any atom is 0.411 e. The van der Waals surface area contributed by atoms with Crippen LogP contribution in [-0.2, 0) is 14.8 Å². The van der Waals surface area contributed by atoms with Crippen molar-refractivity contribution < 1.29 is 17.9 Å². The molecule has 6 nitrogen and oxygen atoms in total. The van der Waals surface area contributed by atoms with Crippen molar-refractivity contribution in [1.29, 1.82) is 0 Å². The molecule has 8 heteroatoms. The lowest BCUT2D eigenvalue weighted by atomic mass is 10.3. The number of benzene rings is 2. The molecule has 0 atom stereocenters. The SMILES string of the molecule is CCOC(=O)Nc1ccc(S(=O)(=O)Nc2ccccc2Cl)cc1. The zero-order chi connectivity index (χ0) is 16.9. The number of halogens is 1. The Hall–Kier alpha value is -2.25. The molecule has 0 spiro atoms. The average molecular weight is 355 g/mol. The lowest BCUT2D eigenvalue weighted by Crippen LogP contribution is -2.15. The lowest BCUT2D eigenvalue weighted by molar-refractivity contribution is 0.168. The molecule has 122 valence electrons. The van der Waals surface area contributed by atoms with Crippen LogP contribution in [0.5, 0.6) is 0 Å². The Morgan fingerprint density at radius 3 is 2.39 bits per heavy atom. The van der Waals surface area contributed by atoms with E-state index in [0.29, 0.717) is 16.4 Å². The van der Waals surface area contributed by atoms with E-state index in [1.165, 1.54) is 24.3 Å². The van der Waals surface area contributed by atoms with Crippen molar-refractivity contribution in [2.75, 3.05) is 16.6 Å². The highest BCUT2D eigenvalue weighted by atomic mass is 35.5. The van der Waals surface area contributed by atoms with E-state index >= 15 is 0 Å². The molecule has 0 saturated heterocycles. The normalized spacial score (nSPS) is 10.9. The molecule has 2 rings (SSSR count). The summed E-state index contributed by atoms with van der Waals surface area (Å²) in [7, 11) is -3.77. The van der Waals surface area contributed by atoms with Gasteiger partial charge < -0.3 is 4.74 Å². The van der Waals surface area contributed by atoms with Crippen molar-refractivity contribution in [3.63, 3.8) is 0 Å². The summed E-state index contributed by atoms with van der Waals surface area (Å²) in [5.74, 6) is 0. The van der Waals surface area contributed by atoms with Crippen molar-refractivity contribution in [3.8, 4) is 0 Å². The number of carbonyl (C=O) groups excluding carboxylic acids is 1. The molecule has 0 bridgehead atoms. The highest BCUT2D eigenvalue weighted by molar-refractivity contribution is 7.92. The Morgan fingerprint density at radius 1 is 1.13 bits per heavy atom. The van der Waals surface area contributed by atoms with E-state index in [1.54, 1.807) is 31.2 Å². The minimum Gasteiger partial charge on any atom is -0.450 e. The summed E-state index contributed by atoms with van der Waals surface area (Å²) in [6.45, 7) is 1.94. The van der Waals surface area contributed by atoms with Crippen LogP contribution in [0.25, 0.3) is 0 Å². The second-order valence-corrected chi connectivity index (χ2v) is 6.54. The van der Waals surface area contributed by atoms with Gasteiger partial charge >= 0.3 is 6.09 Å². The van der Waals surface area contributed by atoms with E-state index in [0.717, 1.165) is 0 Å². The number of hydrogen-bond donors (Lipinski definition) is 2. The summed E-state index contributed by atoms with van der Waals surface area (Å²) in [5.41, 5.74) is 0.725. The molecule has 0 radical (unpaired) electrons. The molecular formula is C15H15ClN2O4S. The van der Waals surface area contributed by atoms with Gasteiger partial charge in [-0.15, -0.1) is 0 Å². The first-order valence-corrected chi connectivity index (χ1v) is 8.59. The number of hydrogen-bond acceptors (Lipinski definition) is 4. The standard InChI is InChI=1S/C15H15ClN2O4S/c1-2-22-15(19)17-11-7-9-12(10-8-11)23(20,21)18-14-6-4-3-5-13(14)16/h3-10,18H,2H2,1H3,(H,17,19). The third-order valence-electron chi connectivity index (χ3n) is 2.80. The van der Waals surface area contributed by atoms with Gasteiger partial charge in [-0.05, 0) is 43.3 Å². The molecule has 0 unspecified atom stereocenters. The minimum absolute atomic E-state index is 0.0480. The lowest BCUT2D eigenvalue weighted by Gasteiger charge is -2.10. The van der Waals surface area contributed by atoms with E-state index in [2.05, 4.69) is 10.0 Å². The molecule has 2 aromatic carbocycles. The summed E-state index contributed by atoms with van der Waals surface area (Å²) in [4.78, 5) is 11.3. The van der Waals surface area contributed by atoms with Crippen LogP contribution in [0.2, 0.25) is 5.02 Å². The fourth-order valence-electron chi connectivity index (χ4n) is 1.75. The maximum absolute atomic E-state index is 12.3. The van der Waals surface area contributed by atoms with Crippen LogP contribution in [0.4, 0.5) is 16.2 Å². The number of para-hydroxylation sites is 1. The highest BCUT2D eigenvalue weighted by Crippen LogP contribution is 2.24. The van der Waals surface area contributed by atoms with Crippen LogP contribution in [0.3, 0.4) is 0 Å². The number of carbonyl (C=O) groups is 1. The molecule has 2 N–H and O–H groups in total. The van der Waals surface area contributed by atoms with Gasteiger partial charge in [0, 0.05) is 5.69 Å². The van der Waals surface area contributed by atoms with Crippen LogP contribution >= 0.6 is 11.6 Å². The monoisotopic (exact) mass is 354 g/mol. The van der Waals surface area contributed by atoms with Crippen LogP contribution in [-0.4, -0.2) is 21.1 Å². The van der Waals surface area contributed by atoms with Crippen molar-refractivity contribution >= 4 is 39.1 Å². The van der Waals surface area contributed by atoms with Gasteiger partial charge in [-0.25, -0.2) is 13.2 Å². The van der Waals surface area contributed by atoms with Gasteiger partial charge in [0.2, 0.25) is 0 Å². The van der Waals surface area contributed by atoms with Gasteiger partial charge in [0.15, 0.2) is 0 Å². The smallest absolute Gasteiger partial charge is 0.411 e. The summed E-state index contributed by atoms with van der Waals surface area (Å²) < 4.78 is 31.8. The average Bonchev–Trinajstić information content (AvgIpc) is 2.50. The molecule has 23 heavy (non-hydrogen) atoms. The minimum atomic E-state index is -3.77. The van der Waals surface area contributed by atoms with E-state index in [9.17, 15) is 13.2 Å². The van der Waals surface area contributed by atoms with E-state index in [4.69, 9.17) is 16.3 Å². The number of nitrogens with one attached hydrogen (secondary N) is 2. The van der Waals surface area contributed by atoms with Gasteiger partial charge in [-0.1, -0.05) is 23.7 Å². The fraction of sp³-hybridized carbons (Fsp3) is 0.133. The zero-order valence-electron chi connectivity index (χ0n) is 12.2. The predicted molar refractivity (Wildman–Crippen MR) is 89.3 cm³/mol. The quantitative estimate of drug-likeness (QED) is 0.857. The molecule has 0 aliphatic rings. The summed E-state index contributed by atoms with van der Waals surface area (Å²) in [6, 6.07) is 12.2. The number of ether oxygens (including phenoxy) is 1. The van der Waals surface area contributed by atoms with Gasteiger partial charge in [-0.3, -0.25) is 10.0 Å². The van der Waals surface area contributed by atoms with Gasteiger partial charge in [-0.2, -0.15) is 0 Å². The van der Waals surface area contributed by atoms with Crippen LogP contribution < -0.4 is 10.0 Å². The first-order chi connectivity index (χ1) is 10.9.